The van der Waals surface area contributed by atoms with E-state index in [-0.39, 0.29) is 113 Å². The van der Waals surface area contributed by atoms with E-state index < -0.39 is 57.3 Å². The zero-order chi connectivity index (χ0) is 27.6. The van der Waals surface area contributed by atoms with Crippen LogP contribution in [0, 0.1) is 29.6 Å². The number of carbonyl (C=O) groups is 4. The van der Waals surface area contributed by atoms with Crippen LogP contribution in [-0.2, 0) is 29.0 Å². The molecule has 4 unspecified atom stereocenters. The summed E-state index contributed by atoms with van der Waals surface area (Å²) in [5.41, 5.74) is 1.12. The fourth-order valence-electron chi connectivity index (χ4n) is 4.07. The van der Waals surface area contributed by atoms with Crippen molar-refractivity contribution in [2.45, 2.75) is 47.0 Å². The van der Waals surface area contributed by atoms with Gasteiger partial charge in [-0.1, -0.05) is 32.4 Å². The van der Waals surface area contributed by atoms with E-state index >= 15 is 0 Å². The maximum Gasteiger partial charge on any atom is 1.00 e. The summed E-state index contributed by atoms with van der Waals surface area (Å²) >= 11 is 1.28. The van der Waals surface area contributed by atoms with Crippen LogP contribution < -0.4 is 109 Å². The number of carboxylic acid groups (broad SMARTS) is 3. The Labute approximate surface area is 301 Å². The van der Waals surface area contributed by atoms with Crippen LogP contribution in [0.4, 0.5) is 0 Å². The summed E-state index contributed by atoms with van der Waals surface area (Å²) in [6.07, 6.45) is 4.43. The first-order valence-corrected chi connectivity index (χ1v) is 14.6. The van der Waals surface area contributed by atoms with Gasteiger partial charge in [-0.05, 0) is 38.2 Å². The number of rotatable bonds is 16. The van der Waals surface area contributed by atoms with E-state index in [0.717, 1.165) is 5.57 Å². The first-order valence-electron chi connectivity index (χ1n) is 11.8. The molecule has 0 aromatic heterocycles. The van der Waals surface area contributed by atoms with Gasteiger partial charge in [0.25, 0.3) is 0 Å². The summed E-state index contributed by atoms with van der Waals surface area (Å²) in [5.74, 6) is -13.1. The average Bonchev–Trinajstić information content (AvgIpc) is 2.77. The van der Waals surface area contributed by atoms with Crippen LogP contribution in [-0.4, -0.2) is 56.0 Å². The van der Waals surface area contributed by atoms with Crippen molar-refractivity contribution in [2.75, 3.05) is 23.8 Å². The standard InChI is InChI=1S/C24H37NO9S2.3Na/c1-14(2)13-18(22(27)28)20(24(31)32)19(23(29)30)16(4)21(26)25-9-10-35-11-12-36(33,34)17-7-5-15(3)6-8-17;;;/h5,7,14,16,18-20H,6,8-13H2,1-4H3,(H,25,26)(H,27,28)(H,29,30)(H,31,32);;;/q;3*+1/p-3. The first kappa shape index (κ1) is 44.1. The molecule has 0 aliphatic heterocycles. The normalized spacial score (nSPS) is 16.0. The fourth-order valence-corrected chi connectivity index (χ4v) is 6.82. The molecule has 0 fully saturated rings. The second-order valence-electron chi connectivity index (χ2n) is 9.40. The van der Waals surface area contributed by atoms with Gasteiger partial charge < -0.3 is 35.0 Å². The van der Waals surface area contributed by atoms with Crippen LogP contribution in [0.25, 0.3) is 0 Å². The van der Waals surface area contributed by atoms with E-state index in [0.29, 0.717) is 29.3 Å². The summed E-state index contributed by atoms with van der Waals surface area (Å²) in [6.45, 7) is 6.47. The Morgan fingerprint density at radius 1 is 0.897 bits per heavy atom. The molecule has 0 bridgehead atoms. The zero-order valence-corrected chi connectivity index (χ0v) is 31.6. The number of nitrogens with one attached hydrogen (secondary N) is 1. The molecule has 0 spiro atoms. The minimum atomic E-state index is -3.36. The fraction of sp³-hybridized carbons (Fsp3) is 0.667. The van der Waals surface area contributed by atoms with E-state index in [9.17, 15) is 42.9 Å². The van der Waals surface area contributed by atoms with E-state index in [1.54, 1.807) is 26.0 Å². The molecule has 4 atom stereocenters. The number of sulfone groups is 1. The Kier molecular flexibility index (Phi) is 24.2. The van der Waals surface area contributed by atoms with E-state index in [1.165, 1.54) is 18.7 Å². The molecule has 0 aromatic carbocycles. The van der Waals surface area contributed by atoms with Crippen LogP contribution in [0.3, 0.4) is 0 Å². The number of hydrogen-bond acceptors (Lipinski definition) is 10. The molecule has 39 heavy (non-hydrogen) atoms. The van der Waals surface area contributed by atoms with Crippen LogP contribution in [0.5, 0.6) is 0 Å². The molecule has 0 radical (unpaired) electrons. The van der Waals surface area contributed by atoms with Gasteiger partial charge in [0.1, 0.15) is 0 Å². The minimum absolute atomic E-state index is 0. The monoisotopic (exact) mass is 613 g/mol. The third kappa shape index (κ3) is 15.1. The molecular weight excluding hydrogens is 579 g/mol. The molecule has 1 aliphatic rings. The Hall–Kier alpha value is 0.660. The zero-order valence-electron chi connectivity index (χ0n) is 24.0. The molecule has 0 aromatic rings. The van der Waals surface area contributed by atoms with Gasteiger partial charge in [-0.3, -0.25) is 4.79 Å². The van der Waals surface area contributed by atoms with Gasteiger partial charge in [0, 0.05) is 64.5 Å². The van der Waals surface area contributed by atoms with Gasteiger partial charge in [-0.2, -0.15) is 11.8 Å². The van der Waals surface area contributed by atoms with Crippen molar-refractivity contribution >= 4 is 45.4 Å². The summed E-state index contributed by atoms with van der Waals surface area (Å²) < 4.78 is 24.8. The predicted octanol–water partition coefficient (Wildman–Crippen LogP) is -10.3. The third-order valence-corrected chi connectivity index (χ3v) is 9.23. The number of amides is 1. The number of allylic oxidation sites excluding steroid dienone is 4. The van der Waals surface area contributed by atoms with Crippen molar-refractivity contribution in [3.63, 3.8) is 0 Å². The Balaban J connectivity index is -0.00000432. The van der Waals surface area contributed by atoms with Crippen LogP contribution in [0.15, 0.2) is 22.6 Å². The van der Waals surface area contributed by atoms with Gasteiger partial charge in [0.2, 0.25) is 5.91 Å². The number of hydrogen-bond donors (Lipinski definition) is 1. The maximum atomic E-state index is 12.6. The average molecular weight is 614 g/mol. The molecule has 0 saturated heterocycles. The number of carboxylic acids is 3. The van der Waals surface area contributed by atoms with Crippen molar-refractivity contribution in [2.24, 2.45) is 29.6 Å². The van der Waals surface area contributed by atoms with E-state index in [4.69, 9.17) is 0 Å². The molecule has 15 heteroatoms. The van der Waals surface area contributed by atoms with Crippen molar-refractivity contribution in [3.05, 3.63) is 22.6 Å². The first-order chi connectivity index (χ1) is 16.7. The van der Waals surface area contributed by atoms with Crippen molar-refractivity contribution in [1.82, 2.24) is 5.32 Å². The van der Waals surface area contributed by atoms with Crippen LogP contribution in [0.2, 0.25) is 0 Å². The smallest absolute Gasteiger partial charge is 0.550 e. The second kappa shape index (κ2) is 21.4. The SMILES string of the molecule is CC1=CC=C(S(=O)(=O)CCSCCNC(=O)C(C)C(C(=O)[O-])C(C(=O)[O-])C(CC(C)C)C(=O)[O-])CC1.[Na+].[Na+].[Na+]. The van der Waals surface area contributed by atoms with Crippen molar-refractivity contribution in [1.29, 1.82) is 0 Å². The number of carbonyl (C=O) groups excluding carboxylic acids is 4. The van der Waals surface area contributed by atoms with Gasteiger partial charge in [-0.15, -0.1) is 0 Å². The molecule has 1 aliphatic carbocycles. The summed E-state index contributed by atoms with van der Waals surface area (Å²) in [4.78, 5) is 48.1. The summed E-state index contributed by atoms with van der Waals surface area (Å²) in [7, 11) is -3.36. The summed E-state index contributed by atoms with van der Waals surface area (Å²) in [5, 5.41) is 37.6. The maximum absolute atomic E-state index is 12.6. The van der Waals surface area contributed by atoms with E-state index in [1.807, 2.05) is 6.92 Å². The van der Waals surface area contributed by atoms with Crippen LogP contribution >= 0.6 is 11.8 Å². The van der Waals surface area contributed by atoms with Gasteiger partial charge in [-0.25, -0.2) is 8.42 Å². The quantitative estimate of drug-likeness (QED) is 0.130. The Morgan fingerprint density at radius 2 is 1.46 bits per heavy atom. The van der Waals surface area contributed by atoms with E-state index in [2.05, 4.69) is 5.32 Å². The van der Waals surface area contributed by atoms with Gasteiger partial charge in [0.05, 0.1) is 5.75 Å². The third-order valence-electron chi connectivity index (χ3n) is 6.11. The minimum Gasteiger partial charge on any atom is -0.550 e. The molecule has 0 saturated carbocycles. The largest absolute Gasteiger partial charge is 1.00 e. The molecule has 204 valence electrons. The molecule has 1 amide bonds. The molecule has 10 nitrogen and oxygen atoms in total. The molecule has 0 heterocycles. The Bertz CT molecular complexity index is 1000. The van der Waals surface area contributed by atoms with Gasteiger partial charge >= 0.3 is 88.7 Å². The predicted molar refractivity (Wildman–Crippen MR) is 129 cm³/mol. The summed E-state index contributed by atoms with van der Waals surface area (Å²) in [6, 6.07) is 0. The van der Waals surface area contributed by atoms with Crippen molar-refractivity contribution in [3.8, 4) is 0 Å². The molecule has 1 N–H and O–H groups in total. The molecular formula is C24H34NNa3O9S2. The number of aliphatic carboxylic acids is 3. The van der Waals surface area contributed by atoms with Crippen molar-refractivity contribution < 1.29 is 132 Å². The Morgan fingerprint density at radius 3 is 1.90 bits per heavy atom. The number of thioether (sulfide) groups is 1. The van der Waals surface area contributed by atoms with Crippen LogP contribution in [0.1, 0.15) is 47.0 Å². The van der Waals surface area contributed by atoms with Gasteiger partial charge in [0.15, 0.2) is 9.84 Å². The second-order valence-corrected chi connectivity index (χ2v) is 12.8. The topological polar surface area (TPSA) is 184 Å². The molecule has 1 rings (SSSR count).